The van der Waals surface area contributed by atoms with E-state index in [1.165, 1.54) is 18.0 Å². The number of benzene rings is 2. The lowest BCUT2D eigenvalue weighted by Crippen LogP contribution is -2.22. The number of carbonyl (C=O) groups is 2. The highest BCUT2D eigenvalue weighted by molar-refractivity contribution is 7.99. The van der Waals surface area contributed by atoms with Crippen molar-refractivity contribution >= 4 is 23.7 Å². The van der Waals surface area contributed by atoms with Gasteiger partial charge in [0.1, 0.15) is 23.9 Å². The number of rotatable bonds is 9. The van der Waals surface area contributed by atoms with Gasteiger partial charge in [-0.1, -0.05) is 30.8 Å². The van der Waals surface area contributed by atoms with E-state index in [9.17, 15) is 9.59 Å². The lowest BCUT2D eigenvalue weighted by atomic mass is 10.2. The first kappa shape index (κ1) is 20.9. The fraction of sp³-hybridized carbons (Fsp3) is 0.217. The van der Waals surface area contributed by atoms with Gasteiger partial charge in [0.15, 0.2) is 6.04 Å². The molecule has 2 heterocycles. The van der Waals surface area contributed by atoms with Crippen LogP contribution in [0.15, 0.2) is 75.1 Å². The lowest BCUT2D eigenvalue weighted by Gasteiger charge is -2.10. The smallest absolute Gasteiger partial charge is 0.322 e. The standard InChI is InChI=1S/C23H22N2O5S/c1-2-11-28-17-5-3-4-15(13-17)14-30-16-6-8-18(9-7-16)31-19-10-12-29-21(19)20-22(26)25-23(27)24-20/h3-10,12-13,20H,2,11,14H2,1H3,(H2,24,25,26,27). The minimum Gasteiger partial charge on any atom is -0.494 e. The molecule has 1 unspecified atom stereocenters. The number of urea groups is 1. The van der Waals surface area contributed by atoms with Crippen LogP contribution in [0.1, 0.15) is 30.7 Å². The molecule has 31 heavy (non-hydrogen) atoms. The molecule has 1 atom stereocenters. The van der Waals surface area contributed by atoms with Gasteiger partial charge in [-0.2, -0.15) is 0 Å². The fourth-order valence-electron chi connectivity index (χ4n) is 3.05. The van der Waals surface area contributed by atoms with Crippen LogP contribution in [-0.2, 0) is 11.4 Å². The highest BCUT2D eigenvalue weighted by Crippen LogP contribution is 2.35. The minimum absolute atomic E-state index is 0.416. The average Bonchev–Trinajstić information content (AvgIpc) is 3.37. The van der Waals surface area contributed by atoms with Crippen molar-refractivity contribution in [1.82, 2.24) is 10.6 Å². The molecule has 1 saturated heterocycles. The van der Waals surface area contributed by atoms with Crippen LogP contribution < -0.4 is 20.1 Å². The summed E-state index contributed by atoms with van der Waals surface area (Å²) in [6.07, 6.45) is 2.47. The molecule has 1 aliphatic heterocycles. The van der Waals surface area contributed by atoms with Crippen molar-refractivity contribution < 1.29 is 23.5 Å². The molecule has 1 aromatic heterocycles. The average molecular weight is 439 g/mol. The third-order valence-electron chi connectivity index (χ3n) is 4.52. The number of imide groups is 1. The molecule has 8 heteroatoms. The number of nitrogens with one attached hydrogen (secondary N) is 2. The maximum atomic E-state index is 11.9. The van der Waals surface area contributed by atoms with Gasteiger partial charge >= 0.3 is 6.03 Å². The summed E-state index contributed by atoms with van der Waals surface area (Å²) in [7, 11) is 0. The quantitative estimate of drug-likeness (QED) is 0.472. The van der Waals surface area contributed by atoms with Gasteiger partial charge in [0.2, 0.25) is 0 Å². The molecule has 3 amide bonds. The molecule has 4 rings (SSSR count). The van der Waals surface area contributed by atoms with Gasteiger partial charge in [-0.25, -0.2) is 4.79 Å². The molecular weight excluding hydrogens is 416 g/mol. The van der Waals surface area contributed by atoms with Gasteiger partial charge in [0, 0.05) is 4.90 Å². The van der Waals surface area contributed by atoms with Crippen molar-refractivity contribution in [2.24, 2.45) is 0 Å². The topological polar surface area (TPSA) is 89.8 Å². The van der Waals surface area contributed by atoms with Gasteiger partial charge in [-0.05, 0) is 54.4 Å². The van der Waals surface area contributed by atoms with E-state index in [4.69, 9.17) is 13.9 Å². The molecule has 2 aromatic carbocycles. The summed E-state index contributed by atoms with van der Waals surface area (Å²) >= 11 is 1.45. The first-order chi connectivity index (χ1) is 15.1. The third kappa shape index (κ3) is 5.21. The number of furan rings is 1. The van der Waals surface area contributed by atoms with Gasteiger partial charge < -0.3 is 19.2 Å². The van der Waals surface area contributed by atoms with Crippen LogP contribution in [0.25, 0.3) is 0 Å². The van der Waals surface area contributed by atoms with Crippen molar-refractivity contribution in [1.29, 1.82) is 0 Å². The Hall–Kier alpha value is -3.39. The third-order valence-corrected chi connectivity index (χ3v) is 5.59. The van der Waals surface area contributed by atoms with Crippen molar-refractivity contribution in [3.63, 3.8) is 0 Å². The molecule has 2 N–H and O–H groups in total. The van der Waals surface area contributed by atoms with Crippen LogP contribution in [0.3, 0.4) is 0 Å². The van der Waals surface area contributed by atoms with Gasteiger partial charge in [-0.15, -0.1) is 0 Å². The monoisotopic (exact) mass is 438 g/mol. The van der Waals surface area contributed by atoms with Crippen molar-refractivity contribution in [3.05, 3.63) is 72.2 Å². The summed E-state index contributed by atoms with van der Waals surface area (Å²) in [5, 5.41) is 4.77. The lowest BCUT2D eigenvalue weighted by molar-refractivity contribution is -0.120. The van der Waals surface area contributed by atoms with Crippen LogP contribution in [0.4, 0.5) is 4.79 Å². The first-order valence-corrected chi connectivity index (χ1v) is 10.7. The van der Waals surface area contributed by atoms with E-state index >= 15 is 0 Å². The fourth-order valence-corrected chi connectivity index (χ4v) is 3.96. The maximum absolute atomic E-state index is 11.9. The van der Waals surface area contributed by atoms with Crippen LogP contribution in [0.2, 0.25) is 0 Å². The molecule has 7 nitrogen and oxygen atoms in total. The number of hydrogen-bond acceptors (Lipinski definition) is 6. The Morgan fingerprint density at radius 1 is 1.03 bits per heavy atom. The van der Waals surface area contributed by atoms with E-state index < -0.39 is 18.0 Å². The zero-order valence-corrected chi connectivity index (χ0v) is 17.7. The van der Waals surface area contributed by atoms with Crippen molar-refractivity contribution in [2.45, 2.75) is 35.8 Å². The molecule has 1 fully saturated rings. The second kappa shape index (κ2) is 9.61. The van der Waals surface area contributed by atoms with Crippen molar-refractivity contribution in [3.8, 4) is 11.5 Å². The Balaban J connectivity index is 1.36. The van der Waals surface area contributed by atoms with Gasteiger partial charge in [0.05, 0.1) is 17.8 Å². The number of hydrogen-bond donors (Lipinski definition) is 2. The molecule has 160 valence electrons. The summed E-state index contributed by atoms with van der Waals surface area (Å²) in [6.45, 7) is 3.21. The summed E-state index contributed by atoms with van der Waals surface area (Å²) < 4.78 is 17.0. The molecule has 0 aliphatic carbocycles. The normalized spacial score (nSPS) is 15.5. The molecule has 0 radical (unpaired) electrons. The molecule has 0 bridgehead atoms. The van der Waals surface area contributed by atoms with Crippen molar-refractivity contribution in [2.75, 3.05) is 6.61 Å². The Kier molecular flexibility index (Phi) is 6.47. The summed E-state index contributed by atoms with van der Waals surface area (Å²) in [5.41, 5.74) is 1.03. The number of carbonyl (C=O) groups excluding carboxylic acids is 2. The van der Waals surface area contributed by atoms with E-state index in [0.29, 0.717) is 19.0 Å². The second-order valence-corrected chi connectivity index (χ2v) is 8.02. The van der Waals surface area contributed by atoms with E-state index in [-0.39, 0.29) is 0 Å². The van der Waals surface area contributed by atoms with Gasteiger partial charge in [0.25, 0.3) is 5.91 Å². The Morgan fingerprint density at radius 2 is 1.87 bits per heavy atom. The van der Waals surface area contributed by atoms with E-state index in [1.807, 2.05) is 48.5 Å². The molecule has 0 spiro atoms. The van der Waals surface area contributed by atoms with E-state index in [1.54, 1.807) is 6.07 Å². The zero-order valence-electron chi connectivity index (χ0n) is 16.9. The predicted molar refractivity (Wildman–Crippen MR) is 115 cm³/mol. The summed E-state index contributed by atoms with van der Waals surface area (Å²) in [4.78, 5) is 25.0. The first-order valence-electron chi connectivity index (χ1n) is 9.93. The van der Waals surface area contributed by atoms with Crippen LogP contribution in [-0.4, -0.2) is 18.5 Å². The molecule has 0 saturated carbocycles. The van der Waals surface area contributed by atoms with Crippen LogP contribution >= 0.6 is 11.8 Å². The highest BCUT2D eigenvalue weighted by atomic mass is 32.2. The second-order valence-electron chi connectivity index (χ2n) is 6.90. The Labute approximate surface area is 184 Å². The molecule has 1 aliphatic rings. The zero-order chi connectivity index (χ0) is 21.6. The SMILES string of the molecule is CCCOc1cccc(COc2ccc(Sc3ccoc3C3NC(=O)NC3=O)cc2)c1. The number of ether oxygens (including phenoxy) is 2. The highest BCUT2D eigenvalue weighted by Gasteiger charge is 2.35. The van der Waals surface area contributed by atoms with Crippen LogP contribution in [0, 0.1) is 0 Å². The van der Waals surface area contributed by atoms with Gasteiger partial charge in [-0.3, -0.25) is 10.1 Å². The Morgan fingerprint density at radius 3 is 2.61 bits per heavy atom. The largest absolute Gasteiger partial charge is 0.494 e. The van der Waals surface area contributed by atoms with E-state index in [2.05, 4.69) is 17.6 Å². The molecular formula is C23H22N2O5S. The predicted octanol–water partition coefficient (Wildman–Crippen LogP) is 4.68. The van der Waals surface area contributed by atoms with Crippen LogP contribution in [0.5, 0.6) is 11.5 Å². The maximum Gasteiger partial charge on any atom is 0.322 e. The number of amides is 3. The Bertz CT molecular complexity index is 1060. The minimum atomic E-state index is -0.815. The summed E-state index contributed by atoms with van der Waals surface area (Å²) in [5.74, 6) is 1.59. The summed E-state index contributed by atoms with van der Waals surface area (Å²) in [6, 6.07) is 16.0. The molecule has 3 aromatic rings. The van der Waals surface area contributed by atoms with E-state index in [0.717, 1.165) is 33.3 Å².